The number of furan rings is 1. The summed E-state index contributed by atoms with van der Waals surface area (Å²) >= 11 is 6.06. The predicted octanol–water partition coefficient (Wildman–Crippen LogP) is 3.21. The van der Waals surface area contributed by atoms with Crippen LogP contribution in [0.2, 0.25) is 5.02 Å². The van der Waals surface area contributed by atoms with Crippen LogP contribution in [0.25, 0.3) is 0 Å². The smallest absolute Gasteiger partial charge is 0.123 e. The van der Waals surface area contributed by atoms with Crippen LogP contribution in [0.5, 0.6) is 0 Å². The fourth-order valence-corrected chi connectivity index (χ4v) is 2.12. The van der Waals surface area contributed by atoms with Gasteiger partial charge in [-0.15, -0.1) is 0 Å². The van der Waals surface area contributed by atoms with Crippen LogP contribution in [-0.4, -0.2) is 13.1 Å². The minimum Gasteiger partial charge on any atom is -0.467 e. The Morgan fingerprint density at radius 2 is 2.17 bits per heavy atom. The van der Waals surface area contributed by atoms with Crippen molar-refractivity contribution in [1.82, 2.24) is 0 Å². The van der Waals surface area contributed by atoms with Crippen molar-refractivity contribution in [3.63, 3.8) is 0 Å². The normalized spacial score (nSPS) is 10.6. The Labute approximate surface area is 112 Å². The van der Waals surface area contributed by atoms with Crippen molar-refractivity contribution < 1.29 is 4.42 Å². The number of hydrogen-bond acceptors (Lipinski definition) is 3. The maximum Gasteiger partial charge on any atom is 0.123 e. The number of anilines is 1. The fourth-order valence-electron chi connectivity index (χ4n) is 1.95. The zero-order chi connectivity index (χ0) is 13.0. The molecule has 0 bridgehead atoms. The van der Waals surface area contributed by atoms with Gasteiger partial charge in [0.15, 0.2) is 0 Å². The van der Waals surface area contributed by atoms with Crippen molar-refractivity contribution in [2.75, 3.05) is 18.0 Å². The van der Waals surface area contributed by atoms with Gasteiger partial charge < -0.3 is 15.1 Å². The SMILES string of the molecule is Cc1ccc(Cl)cc1N(CCN)Cc1ccco1. The van der Waals surface area contributed by atoms with E-state index in [0.29, 0.717) is 13.1 Å². The van der Waals surface area contributed by atoms with Crippen molar-refractivity contribution in [1.29, 1.82) is 0 Å². The van der Waals surface area contributed by atoms with Gasteiger partial charge in [0.2, 0.25) is 0 Å². The van der Waals surface area contributed by atoms with E-state index >= 15 is 0 Å². The minimum atomic E-state index is 0.590. The highest BCUT2D eigenvalue weighted by Gasteiger charge is 2.11. The van der Waals surface area contributed by atoms with Crippen molar-refractivity contribution in [3.05, 3.63) is 52.9 Å². The third-order valence-corrected chi connectivity index (χ3v) is 3.07. The van der Waals surface area contributed by atoms with E-state index in [-0.39, 0.29) is 0 Å². The highest BCUT2D eigenvalue weighted by atomic mass is 35.5. The Bertz CT molecular complexity index is 497. The summed E-state index contributed by atoms with van der Waals surface area (Å²) in [6, 6.07) is 9.73. The van der Waals surface area contributed by atoms with Gasteiger partial charge >= 0.3 is 0 Å². The Hall–Kier alpha value is -1.45. The first-order valence-corrected chi connectivity index (χ1v) is 6.32. The number of halogens is 1. The van der Waals surface area contributed by atoms with Crippen LogP contribution in [0.4, 0.5) is 5.69 Å². The number of benzene rings is 1. The molecular formula is C14H17ClN2O. The fraction of sp³-hybridized carbons (Fsp3) is 0.286. The average molecular weight is 265 g/mol. The molecule has 0 aliphatic carbocycles. The summed E-state index contributed by atoms with van der Waals surface area (Å²) in [5.74, 6) is 0.919. The zero-order valence-electron chi connectivity index (χ0n) is 10.4. The Kier molecular flexibility index (Phi) is 4.28. The van der Waals surface area contributed by atoms with Gasteiger partial charge in [0, 0.05) is 23.8 Å². The van der Waals surface area contributed by atoms with E-state index in [9.17, 15) is 0 Å². The minimum absolute atomic E-state index is 0.590. The van der Waals surface area contributed by atoms with E-state index < -0.39 is 0 Å². The first kappa shape index (κ1) is 13.0. The molecule has 0 aliphatic heterocycles. The van der Waals surface area contributed by atoms with E-state index in [1.54, 1.807) is 6.26 Å². The monoisotopic (exact) mass is 264 g/mol. The number of rotatable bonds is 5. The first-order chi connectivity index (χ1) is 8.70. The molecule has 0 amide bonds. The Balaban J connectivity index is 2.26. The van der Waals surface area contributed by atoms with Crippen molar-refractivity contribution in [2.45, 2.75) is 13.5 Å². The van der Waals surface area contributed by atoms with Gasteiger partial charge in [0.1, 0.15) is 5.76 Å². The molecule has 0 aliphatic rings. The lowest BCUT2D eigenvalue weighted by atomic mass is 10.1. The number of hydrogen-bond donors (Lipinski definition) is 1. The van der Waals surface area contributed by atoms with E-state index in [2.05, 4.69) is 11.8 Å². The molecular weight excluding hydrogens is 248 g/mol. The number of nitrogens with two attached hydrogens (primary N) is 1. The summed E-state index contributed by atoms with van der Waals surface area (Å²) in [6.45, 7) is 4.12. The maximum absolute atomic E-state index is 6.06. The molecule has 1 aromatic carbocycles. The average Bonchev–Trinajstić information content (AvgIpc) is 2.85. The third-order valence-electron chi connectivity index (χ3n) is 2.84. The molecule has 0 spiro atoms. The van der Waals surface area contributed by atoms with Crippen LogP contribution in [0.1, 0.15) is 11.3 Å². The molecule has 0 unspecified atom stereocenters. The summed E-state index contributed by atoms with van der Waals surface area (Å²) < 4.78 is 5.39. The highest BCUT2D eigenvalue weighted by molar-refractivity contribution is 6.30. The second-order valence-electron chi connectivity index (χ2n) is 4.22. The van der Waals surface area contributed by atoms with Crippen molar-refractivity contribution in [3.8, 4) is 0 Å². The van der Waals surface area contributed by atoms with E-state index in [1.165, 1.54) is 5.56 Å². The number of nitrogens with zero attached hydrogens (tertiary/aromatic N) is 1. The standard InChI is InChI=1S/C14H17ClN2O/c1-11-4-5-12(15)9-14(11)17(7-6-16)10-13-3-2-8-18-13/h2-5,8-9H,6-7,10,16H2,1H3. The maximum atomic E-state index is 6.06. The molecule has 2 rings (SSSR count). The molecule has 1 aromatic heterocycles. The van der Waals surface area contributed by atoms with Gasteiger partial charge in [0.05, 0.1) is 12.8 Å². The molecule has 2 aromatic rings. The molecule has 1 heterocycles. The quantitative estimate of drug-likeness (QED) is 0.902. The van der Waals surface area contributed by atoms with Gasteiger partial charge in [-0.3, -0.25) is 0 Å². The highest BCUT2D eigenvalue weighted by Crippen LogP contribution is 2.25. The Morgan fingerprint density at radius 3 is 2.83 bits per heavy atom. The lowest BCUT2D eigenvalue weighted by Gasteiger charge is -2.25. The molecule has 0 fully saturated rings. The molecule has 0 saturated heterocycles. The lowest BCUT2D eigenvalue weighted by Crippen LogP contribution is -2.29. The second-order valence-corrected chi connectivity index (χ2v) is 4.66. The molecule has 2 N–H and O–H groups in total. The molecule has 18 heavy (non-hydrogen) atoms. The number of aryl methyl sites for hydroxylation is 1. The summed E-state index contributed by atoms with van der Waals surface area (Å²) in [5.41, 5.74) is 7.96. The van der Waals surface area contributed by atoms with Gasteiger partial charge in [0.25, 0.3) is 0 Å². The summed E-state index contributed by atoms with van der Waals surface area (Å²) in [6.07, 6.45) is 1.68. The molecule has 0 saturated carbocycles. The first-order valence-electron chi connectivity index (χ1n) is 5.94. The molecule has 3 nitrogen and oxygen atoms in total. The molecule has 0 radical (unpaired) electrons. The van der Waals surface area contributed by atoms with Crippen molar-refractivity contribution in [2.24, 2.45) is 5.73 Å². The van der Waals surface area contributed by atoms with Gasteiger partial charge in [-0.2, -0.15) is 0 Å². The molecule has 0 atom stereocenters. The predicted molar refractivity (Wildman–Crippen MR) is 75.0 cm³/mol. The summed E-state index contributed by atoms with van der Waals surface area (Å²) in [7, 11) is 0. The van der Waals surface area contributed by atoms with Gasteiger partial charge in [-0.1, -0.05) is 17.7 Å². The largest absolute Gasteiger partial charge is 0.467 e. The van der Waals surface area contributed by atoms with E-state index in [0.717, 1.165) is 23.0 Å². The van der Waals surface area contributed by atoms with Crippen LogP contribution in [0.15, 0.2) is 41.0 Å². The summed E-state index contributed by atoms with van der Waals surface area (Å²) in [5, 5.41) is 0.733. The van der Waals surface area contributed by atoms with E-state index in [1.807, 2.05) is 30.3 Å². The van der Waals surface area contributed by atoms with Crippen LogP contribution < -0.4 is 10.6 Å². The van der Waals surface area contributed by atoms with Crippen LogP contribution >= 0.6 is 11.6 Å². The van der Waals surface area contributed by atoms with E-state index in [4.69, 9.17) is 21.8 Å². The van der Waals surface area contributed by atoms with Gasteiger partial charge in [-0.25, -0.2) is 0 Å². The van der Waals surface area contributed by atoms with Gasteiger partial charge in [-0.05, 0) is 36.8 Å². The second kappa shape index (κ2) is 5.94. The summed E-state index contributed by atoms with van der Waals surface area (Å²) in [4.78, 5) is 2.18. The Morgan fingerprint density at radius 1 is 1.33 bits per heavy atom. The zero-order valence-corrected chi connectivity index (χ0v) is 11.2. The lowest BCUT2D eigenvalue weighted by molar-refractivity contribution is 0.502. The molecule has 96 valence electrons. The third kappa shape index (κ3) is 3.06. The topological polar surface area (TPSA) is 42.4 Å². The van der Waals surface area contributed by atoms with Crippen LogP contribution in [0, 0.1) is 6.92 Å². The van der Waals surface area contributed by atoms with Crippen LogP contribution in [-0.2, 0) is 6.54 Å². The molecule has 4 heteroatoms. The van der Waals surface area contributed by atoms with Crippen molar-refractivity contribution >= 4 is 17.3 Å². The van der Waals surface area contributed by atoms with Crippen LogP contribution in [0.3, 0.4) is 0 Å².